The Bertz CT molecular complexity index is 524. The van der Waals surface area contributed by atoms with Gasteiger partial charge in [0.15, 0.2) is 0 Å². The van der Waals surface area contributed by atoms with Gasteiger partial charge in [-0.15, -0.1) is 0 Å². The third kappa shape index (κ3) is 2.43. The minimum Gasteiger partial charge on any atom is -0.508 e. The zero-order valence-electron chi connectivity index (χ0n) is 9.50. The zero-order valence-corrected chi connectivity index (χ0v) is 10.3. The molecule has 94 valence electrons. The summed E-state index contributed by atoms with van der Waals surface area (Å²) in [6.07, 6.45) is 0.422. The van der Waals surface area contributed by atoms with Crippen molar-refractivity contribution < 1.29 is 18.6 Å². The van der Waals surface area contributed by atoms with E-state index in [1.54, 1.807) is 6.92 Å². The Kier molecular flexibility index (Phi) is 2.89. The molecule has 17 heavy (non-hydrogen) atoms. The van der Waals surface area contributed by atoms with Gasteiger partial charge in [0, 0.05) is 13.1 Å². The maximum Gasteiger partial charge on any atom is 0.243 e. The molecule has 0 aromatic heterocycles. The smallest absolute Gasteiger partial charge is 0.243 e. The van der Waals surface area contributed by atoms with E-state index in [1.165, 1.54) is 28.6 Å². The molecule has 0 bridgehead atoms. The summed E-state index contributed by atoms with van der Waals surface area (Å²) in [7, 11) is -3.62. The number of sulfonamides is 1. The van der Waals surface area contributed by atoms with Crippen molar-refractivity contribution in [3.8, 4) is 5.75 Å². The van der Waals surface area contributed by atoms with Crippen LogP contribution in [-0.2, 0) is 10.0 Å². The highest BCUT2D eigenvalue weighted by Crippen LogP contribution is 2.27. The van der Waals surface area contributed by atoms with Gasteiger partial charge in [-0.05, 0) is 31.5 Å². The summed E-state index contributed by atoms with van der Waals surface area (Å²) in [6.45, 7) is 2.00. The van der Waals surface area contributed by atoms with Gasteiger partial charge in [0.25, 0.3) is 0 Å². The average molecular weight is 257 g/mol. The molecule has 1 aliphatic heterocycles. The molecule has 2 N–H and O–H groups in total. The fourth-order valence-corrected chi connectivity index (χ4v) is 3.50. The highest BCUT2D eigenvalue weighted by molar-refractivity contribution is 7.89. The van der Waals surface area contributed by atoms with Crippen LogP contribution in [0.3, 0.4) is 0 Å². The van der Waals surface area contributed by atoms with E-state index in [1.807, 2.05) is 0 Å². The largest absolute Gasteiger partial charge is 0.508 e. The Labute approximate surface area is 100 Å². The third-order valence-electron chi connectivity index (χ3n) is 2.87. The molecule has 1 saturated heterocycles. The van der Waals surface area contributed by atoms with Crippen molar-refractivity contribution in [1.29, 1.82) is 0 Å². The average Bonchev–Trinajstić information content (AvgIpc) is 2.59. The van der Waals surface area contributed by atoms with Gasteiger partial charge in [0.2, 0.25) is 10.0 Å². The summed E-state index contributed by atoms with van der Waals surface area (Å²) in [5.41, 5.74) is -0.968. The Morgan fingerprint density at radius 3 is 2.65 bits per heavy atom. The van der Waals surface area contributed by atoms with E-state index in [2.05, 4.69) is 0 Å². The van der Waals surface area contributed by atoms with E-state index in [0.29, 0.717) is 13.0 Å². The fourth-order valence-electron chi connectivity index (χ4n) is 1.90. The molecule has 2 rings (SSSR count). The first-order valence-corrected chi connectivity index (χ1v) is 6.77. The fraction of sp³-hybridized carbons (Fsp3) is 0.455. The Morgan fingerprint density at radius 2 is 2.12 bits per heavy atom. The zero-order chi connectivity index (χ0) is 12.7. The van der Waals surface area contributed by atoms with Crippen LogP contribution < -0.4 is 0 Å². The van der Waals surface area contributed by atoms with Crippen LogP contribution in [0, 0.1) is 0 Å². The highest BCUT2D eigenvalue weighted by atomic mass is 32.2. The SMILES string of the molecule is CC1(O)CCN(S(=O)(=O)c2cccc(O)c2)C1. The van der Waals surface area contributed by atoms with E-state index in [-0.39, 0.29) is 17.2 Å². The van der Waals surface area contributed by atoms with Crippen molar-refractivity contribution in [1.82, 2.24) is 4.31 Å². The summed E-state index contributed by atoms with van der Waals surface area (Å²) in [5, 5.41) is 19.1. The topological polar surface area (TPSA) is 77.8 Å². The van der Waals surface area contributed by atoms with Gasteiger partial charge in [-0.2, -0.15) is 4.31 Å². The molecule has 1 aliphatic rings. The summed E-state index contributed by atoms with van der Waals surface area (Å²) < 4.78 is 25.6. The van der Waals surface area contributed by atoms with Crippen LogP contribution >= 0.6 is 0 Å². The number of rotatable bonds is 2. The lowest BCUT2D eigenvalue weighted by Crippen LogP contribution is -2.33. The van der Waals surface area contributed by atoms with Crippen LogP contribution in [0.5, 0.6) is 5.75 Å². The van der Waals surface area contributed by atoms with E-state index >= 15 is 0 Å². The molecule has 1 aromatic rings. The standard InChI is InChI=1S/C11H15NO4S/c1-11(14)5-6-12(8-11)17(15,16)10-4-2-3-9(13)7-10/h2-4,7,13-14H,5-6,8H2,1H3. The Balaban J connectivity index is 2.32. The lowest BCUT2D eigenvalue weighted by atomic mass is 10.1. The van der Waals surface area contributed by atoms with Gasteiger partial charge < -0.3 is 10.2 Å². The molecular formula is C11H15NO4S. The number of benzene rings is 1. The van der Waals surface area contributed by atoms with E-state index in [0.717, 1.165) is 0 Å². The number of phenolic OH excluding ortho intramolecular Hbond substituents is 1. The molecule has 1 fully saturated rings. The number of β-amino-alcohol motifs (C(OH)–C–C–N with tert-alkyl or cyclic N) is 1. The van der Waals surface area contributed by atoms with Gasteiger partial charge >= 0.3 is 0 Å². The van der Waals surface area contributed by atoms with Crippen molar-refractivity contribution >= 4 is 10.0 Å². The van der Waals surface area contributed by atoms with E-state index in [4.69, 9.17) is 0 Å². The molecule has 6 heteroatoms. The van der Waals surface area contributed by atoms with Gasteiger partial charge in [0.05, 0.1) is 10.5 Å². The maximum absolute atomic E-state index is 12.2. The van der Waals surface area contributed by atoms with Crippen molar-refractivity contribution in [3.05, 3.63) is 24.3 Å². The Morgan fingerprint density at radius 1 is 1.41 bits per heavy atom. The van der Waals surface area contributed by atoms with Gasteiger partial charge in [-0.3, -0.25) is 0 Å². The molecule has 0 aliphatic carbocycles. The molecular weight excluding hydrogens is 242 g/mol. The van der Waals surface area contributed by atoms with Gasteiger partial charge in [-0.25, -0.2) is 8.42 Å². The molecule has 1 unspecified atom stereocenters. The molecule has 5 nitrogen and oxygen atoms in total. The lowest BCUT2D eigenvalue weighted by Gasteiger charge is -2.18. The third-order valence-corrected chi connectivity index (χ3v) is 4.71. The van der Waals surface area contributed by atoms with Crippen LogP contribution in [-0.4, -0.2) is 41.6 Å². The van der Waals surface area contributed by atoms with E-state index < -0.39 is 15.6 Å². The van der Waals surface area contributed by atoms with Crippen LogP contribution in [0.2, 0.25) is 0 Å². The molecule has 1 aromatic carbocycles. The predicted molar refractivity (Wildman–Crippen MR) is 62.1 cm³/mol. The quantitative estimate of drug-likeness (QED) is 0.810. The molecule has 0 spiro atoms. The summed E-state index contributed by atoms with van der Waals surface area (Å²) in [5.74, 6) is -0.0861. The number of hydrogen-bond acceptors (Lipinski definition) is 4. The second-order valence-electron chi connectivity index (χ2n) is 4.58. The summed E-state index contributed by atoms with van der Waals surface area (Å²) >= 11 is 0. The number of aromatic hydroxyl groups is 1. The van der Waals surface area contributed by atoms with Crippen molar-refractivity contribution in [2.45, 2.75) is 23.8 Å². The molecule has 0 radical (unpaired) electrons. The number of hydrogen-bond donors (Lipinski definition) is 2. The molecule has 1 heterocycles. The second-order valence-corrected chi connectivity index (χ2v) is 6.52. The molecule has 1 atom stereocenters. The summed E-state index contributed by atoms with van der Waals surface area (Å²) in [6, 6.07) is 5.54. The lowest BCUT2D eigenvalue weighted by molar-refractivity contribution is 0.0762. The minimum atomic E-state index is -3.62. The predicted octanol–water partition coefficient (Wildman–Crippen LogP) is 0.538. The van der Waals surface area contributed by atoms with Crippen molar-refractivity contribution in [3.63, 3.8) is 0 Å². The van der Waals surface area contributed by atoms with Crippen LogP contribution in [0.15, 0.2) is 29.2 Å². The van der Waals surface area contributed by atoms with E-state index in [9.17, 15) is 18.6 Å². The van der Waals surface area contributed by atoms with Crippen molar-refractivity contribution in [2.24, 2.45) is 0 Å². The summed E-state index contributed by atoms with van der Waals surface area (Å²) in [4.78, 5) is 0.0511. The van der Waals surface area contributed by atoms with Crippen LogP contribution in [0.1, 0.15) is 13.3 Å². The van der Waals surface area contributed by atoms with Crippen LogP contribution in [0.25, 0.3) is 0 Å². The normalized spacial score (nSPS) is 26.2. The van der Waals surface area contributed by atoms with Crippen LogP contribution in [0.4, 0.5) is 0 Å². The minimum absolute atomic E-state index is 0.0511. The first-order valence-electron chi connectivity index (χ1n) is 5.33. The number of nitrogens with zero attached hydrogens (tertiary/aromatic N) is 1. The Hall–Kier alpha value is -1.11. The maximum atomic E-state index is 12.2. The number of aliphatic hydroxyl groups is 1. The highest BCUT2D eigenvalue weighted by Gasteiger charge is 2.38. The molecule has 0 amide bonds. The first kappa shape index (κ1) is 12.3. The molecule has 0 saturated carbocycles. The number of phenols is 1. The van der Waals surface area contributed by atoms with Crippen molar-refractivity contribution in [2.75, 3.05) is 13.1 Å². The van der Waals surface area contributed by atoms with Gasteiger partial charge in [0.1, 0.15) is 5.75 Å². The monoisotopic (exact) mass is 257 g/mol. The first-order chi connectivity index (χ1) is 7.81. The second kappa shape index (κ2) is 3.97. The van der Waals surface area contributed by atoms with Gasteiger partial charge in [-0.1, -0.05) is 6.07 Å².